The molecule has 2 heterocycles. The first-order valence-corrected chi connectivity index (χ1v) is 5.91. The molecule has 3 N–H and O–H groups in total. The fraction of sp³-hybridized carbons (Fsp3) is 0.308. The summed E-state index contributed by atoms with van der Waals surface area (Å²) in [6, 6.07) is 5.97. The Morgan fingerprint density at radius 3 is 3.11 bits per heavy atom. The van der Waals surface area contributed by atoms with Gasteiger partial charge in [-0.05, 0) is 17.7 Å². The van der Waals surface area contributed by atoms with Crippen LogP contribution in [0.25, 0.3) is 10.9 Å². The van der Waals surface area contributed by atoms with Crippen LogP contribution in [0.1, 0.15) is 22.0 Å². The Kier molecular flexibility index (Phi) is 2.77. The quantitative estimate of drug-likeness (QED) is 0.824. The number of hydrogen-bond acceptors (Lipinski definition) is 2. The van der Waals surface area contributed by atoms with Gasteiger partial charge in [-0.2, -0.15) is 0 Å². The number of carbonyl (C=O) groups excluding carboxylic acids is 1. The van der Waals surface area contributed by atoms with Crippen molar-refractivity contribution in [3.63, 3.8) is 0 Å². The van der Waals surface area contributed by atoms with E-state index in [0.717, 1.165) is 23.0 Å². The summed E-state index contributed by atoms with van der Waals surface area (Å²) >= 11 is 0. The molecule has 0 spiro atoms. The number of nitrogens with zero attached hydrogens (tertiary/aromatic N) is 1. The average molecular weight is 244 g/mol. The Morgan fingerprint density at radius 2 is 2.39 bits per heavy atom. The van der Waals surface area contributed by atoms with E-state index in [1.54, 1.807) is 6.20 Å². The number of carbonyl (C=O) groups is 1. The van der Waals surface area contributed by atoms with Crippen molar-refractivity contribution in [3.8, 4) is 0 Å². The highest BCUT2D eigenvalue weighted by molar-refractivity contribution is 6.06. The van der Waals surface area contributed by atoms with E-state index >= 15 is 0 Å². The van der Waals surface area contributed by atoms with Crippen molar-refractivity contribution >= 4 is 16.8 Å². The number of morpholine rings is 1. The van der Waals surface area contributed by atoms with Crippen molar-refractivity contribution in [3.05, 3.63) is 35.5 Å². The summed E-state index contributed by atoms with van der Waals surface area (Å²) < 4.78 is 5.41. The molecule has 1 aromatic carbocycles. The van der Waals surface area contributed by atoms with Crippen LogP contribution in [0.15, 0.2) is 24.4 Å². The molecular weight excluding hydrogens is 230 g/mol. The average Bonchev–Trinajstić information content (AvgIpc) is 2.82. The summed E-state index contributed by atoms with van der Waals surface area (Å²) in [6.07, 6.45) is 1.64. The van der Waals surface area contributed by atoms with Crippen LogP contribution >= 0.6 is 0 Å². The van der Waals surface area contributed by atoms with Gasteiger partial charge >= 0.3 is 0 Å². The number of aromatic nitrogens is 1. The first kappa shape index (κ1) is 11.3. The molecule has 1 radical (unpaired) electrons. The Hall–Kier alpha value is -1.85. The molecule has 1 unspecified atom stereocenters. The molecule has 1 aliphatic rings. The number of benzene rings is 1. The summed E-state index contributed by atoms with van der Waals surface area (Å²) in [7, 11) is 0. The van der Waals surface area contributed by atoms with Gasteiger partial charge in [0.05, 0.1) is 24.8 Å². The molecule has 0 saturated carbocycles. The van der Waals surface area contributed by atoms with Crippen LogP contribution in [0.5, 0.6) is 0 Å². The lowest BCUT2D eigenvalue weighted by Gasteiger charge is -2.22. The molecule has 0 bridgehead atoms. The minimum Gasteiger partial charge on any atom is -0.378 e. The molecule has 1 saturated heterocycles. The number of ether oxygens (including phenoxy) is 1. The highest BCUT2D eigenvalue weighted by atomic mass is 16.5. The van der Waals surface area contributed by atoms with Crippen LogP contribution in [0.3, 0.4) is 0 Å². The zero-order valence-electron chi connectivity index (χ0n) is 9.85. The molecule has 5 nitrogen and oxygen atoms in total. The van der Waals surface area contributed by atoms with E-state index in [1.165, 1.54) is 0 Å². The van der Waals surface area contributed by atoms with Crippen molar-refractivity contribution in [2.24, 2.45) is 5.73 Å². The molecule has 3 rings (SSSR count). The second kappa shape index (κ2) is 4.44. The normalized spacial score (nSPS) is 20.1. The molecule has 1 atom stereocenters. The van der Waals surface area contributed by atoms with Gasteiger partial charge in [0.2, 0.25) is 0 Å². The molecular formula is C13H14N3O2. The number of amides is 1. The highest BCUT2D eigenvalue weighted by Gasteiger charge is 2.18. The summed E-state index contributed by atoms with van der Waals surface area (Å²) in [5.74, 6) is -0.421. The maximum absolute atomic E-state index is 11.3. The monoisotopic (exact) mass is 244 g/mol. The summed E-state index contributed by atoms with van der Waals surface area (Å²) in [6.45, 7) is 2.01. The molecule has 1 aliphatic heterocycles. The fourth-order valence-electron chi connectivity index (χ4n) is 2.27. The van der Waals surface area contributed by atoms with Crippen LogP contribution in [0.4, 0.5) is 0 Å². The maximum atomic E-state index is 11.3. The van der Waals surface area contributed by atoms with E-state index < -0.39 is 5.91 Å². The number of H-pyrrole nitrogens is 1. The second-order valence-corrected chi connectivity index (χ2v) is 4.37. The van der Waals surface area contributed by atoms with E-state index in [2.05, 4.69) is 10.3 Å². The van der Waals surface area contributed by atoms with Gasteiger partial charge in [0.15, 0.2) is 0 Å². The van der Waals surface area contributed by atoms with E-state index in [4.69, 9.17) is 10.5 Å². The SMILES string of the molecule is NC(=O)c1c[nH]c2ccc(C3COCC[N]3)cc12. The lowest BCUT2D eigenvalue weighted by molar-refractivity contribution is 0.0745. The molecule has 1 aromatic heterocycles. The van der Waals surface area contributed by atoms with Gasteiger partial charge in [-0.3, -0.25) is 4.79 Å². The summed E-state index contributed by atoms with van der Waals surface area (Å²) in [4.78, 5) is 14.4. The summed E-state index contributed by atoms with van der Waals surface area (Å²) in [5.41, 5.74) is 7.83. The number of primary amides is 1. The third-order valence-corrected chi connectivity index (χ3v) is 3.22. The first-order chi connectivity index (χ1) is 8.75. The third-order valence-electron chi connectivity index (χ3n) is 3.22. The lowest BCUT2D eigenvalue weighted by Crippen LogP contribution is -2.29. The standard InChI is InChI=1S/C13H14N3O2/c14-13(17)10-6-16-11-2-1-8(5-9(10)11)12-7-18-4-3-15-12/h1-2,5-6,12,16H,3-4,7H2,(H2,14,17). The Labute approximate surface area is 104 Å². The van der Waals surface area contributed by atoms with Gasteiger partial charge in [-0.1, -0.05) is 6.07 Å². The Balaban J connectivity index is 2.03. The zero-order chi connectivity index (χ0) is 12.5. The predicted octanol–water partition coefficient (Wildman–Crippen LogP) is 0.942. The second-order valence-electron chi connectivity index (χ2n) is 4.37. The maximum Gasteiger partial charge on any atom is 0.250 e. The number of aromatic amines is 1. The van der Waals surface area contributed by atoms with Gasteiger partial charge < -0.3 is 15.5 Å². The van der Waals surface area contributed by atoms with Crippen LogP contribution in [0.2, 0.25) is 0 Å². The largest absolute Gasteiger partial charge is 0.378 e. The van der Waals surface area contributed by atoms with Crippen molar-refractivity contribution in [1.29, 1.82) is 0 Å². The molecule has 18 heavy (non-hydrogen) atoms. The zero-order valence-corrected chi connectivity index (χ0v) is 9.85. The molecule has 1 fully saturated rings. The Bertz CT molecular complexity index is 585. The van der Waals surface area contributed by atoms with Crippen LogP contribution in [-0.2, 0) is 4.74 Å². The smallest absolute Gasteiger partial charge is 0.250 e. The van der Waals surface area contributed by atoms with Crippen molar-refractivity contribution in [2.75, 3.05) is 19.8 Å². The van der Waals surface area contributed by atoms with Crippen molar-refractivity contribution < 1.29 is 9.53 Å². The van der Waals surface area contributed by atoms with Crippen molar-refractivity contribution in [2.45, 2.75) is 6.04 Å². The number of fused-ring (bicyclic) bond motifs is 1. The van der Waals surface area contributed by atoms with Gasteiger partial charge in [-0.25, -0.2) is 5.32 Å². The van der Waals surface area contributed by atoms with Crippen LogP contribution in [0, 0.1) is 0 Å². The fourth-order valence-corrected chi connectivity index (χ4v) is 2.27. The topological polar surface area (TPSA) is 82.2 Å². The minimum absolute atomic E-state index is 0.0544. The first-order valence-electron chi connectivity index (χ1n) is 5.91. The van der Waals surface area contributed by atoms with Crippen LogP contribution < -0.4 is 11.1 Å². The highest BCUT2D eigenvalue weighted by Crippen LogP contribution is 2.24. The number of rotatable bonds is 2. The van der Waals surface area contributed by atoms with E-state index in [-0.39, 0.29) is 6.04 Å². The third kappa shape index (κ3) is 1.87. The number of hydrogen-bond donors (Lipinski definition) is 2. The van der Waals surface area contributed by atoms with Gasteiger partial charge in [0.25, 0.3) is 5.91 Å². The predicted molar refractivity (Wildman–Crippen MR) is 67.4 cm³/mol. The molecule has 2 aromatic rings. The van der Waals surface area contributed by atoms with E-state index in [0.29, 0.717) is 18.8 Å². The Morgan fingerprint density at radius 1 is 1.50 bits per heavy atom. The molecule has 93 valence electrons. The number of nitrogens with one attached hydrogen (secondary N) is 1. The van der Waals surface area contributed by atoms with E-state index in [1.807, 2.05) is 18.2 Å². The lowest BCUT2D eigenvalue weighted by atomic mass is 10.0. The minimum atomic E-state index is -0.421. The summed E-state index contributed by atoms with van der Waals surface area (Å²) in [5, 5.41) is 5.36. The molecule has 5 heteroatoms. The van der Waals surface area contributed by atoms with Gasteiger partial charge in [0, 0.05) is 23.6 Å². The molecule has 1 amide bonds. The van der Waals surface area contributed by atoms with Crippen LogP contribution in [-0.4, -0.2) is 30.6 Å². The van der Waals surface area contributed by atoms with Gasteiger partial charge in [-0.15, -0.1) is 0 Å². The van der Waals surface area contributed by atoms with Gasteiger partial charge in [0.1, 0.15) is 0 Å². The number of nitrogens with two attached hydrogens (primary N) is 1. The molecule has 0 aliphatic carbocycles. The van der Waals surface area contributed by atoms with E-state index in [9.17, 15) is 4.79 Å². The van der Waals surface area contributed by atoms with Crippen molar-refractivity contribution in [1.82, 2.24) is 10.3 Å².